The minimum absolute atomic E-state index is 0.0417. The molecular formula is C19H27NO5. The van der Waals surface area contributed by atoms with Crippen molar-refractivity contribution in [2.45, 2.75) is 63.8 Å². The fourth-order valence-corrected chi connectivity index (χ4v) is 3.53. The van der Waals surface area contributed by atoms with Gasteiger partial charge in [-0.05, 0) is 30.7 Å². The minimum Gasteiger partial charge on any atom is -0.481 e. The number of nitrogens with zero attached hydrogens (tertiary/aromatic N) is 1. The summed E-state index contributed by atoms with van der Waals surface area (Å²) < 4.78 is 0. The maximum Gasteiger partial charge on any atom is 0.305 e. The zero-order chi connectivity index (χ0) is 18.4. The molecule has 1 aromatic rings. The minimum atomic E-state index is -1.08. The average molecular weight is 349 g/mol. The smallest absolute Gasteiger partial charge is 0.305 e. The first-order valence-electron chi connectivity index (χ1n) is 8.78. The molecule has 1 saturated heterocycles. The van der Waals surface area contributed by atoms with Gasteiger partial charge in [0.15, 0.2) is 0 Å². The van der Waals surface area contributed by atoms with E-state index in [9.17, 15) is 19.8 Å². The lowest BCUT2D eigenvalue weighted by molar-refractivity contribution is -0.139. The lowest BCUT2D eigenvalue weighted by atomic mass is 9.95. The van der Waals surface area contributed by atoms with E-state index in [1.54, 1.807) is 0 Å². The van der Waals surface area contributed by atoms with E-state index in [2.05, 4.69) is 0 Å². The van der Waals surface area contributed by atoms with Gasteiger partial charge in [0.25, 0.3) is 0 Å². The highest BCUT2D eigenvalue weighted by Gasteiger charge is 2.36. The molecule has 1 aliphatic heterocycles. The number of carboxylic acid groups (broad SMARTS) is 1. The Balaban J connectivity index is 1.89. The molecule has 1 aromatic carbocycles. The highest BCUT2D eigenvalue weighted by molar-refractivity contribution is 5.79. The Hall–Kier alpha value is -1.92. The number of carbonyl (C=O) groups excluding carboxylic acids is 1. The van der Waals surface area contributed by atoms with Crippen LogP contribution in [-0.2, 0) is 16.1 Å². The molecule has 3 N–H and O–H groups in total. The first kappa shape index (κ1) is 19.4. The average Bonchev–Trinajstić information content (AvgIpc) is 2.79. The predicted octanol–water partition coefficient (Wildman–Crippen LogP) is 1.79. The topological polar surface area (TPSA) is 98.1 Å². The van der Waals surface area contributed by atoms with E-state index in [0.717, 1.165) is 5.56 Å². The van der Waals surface area contributed by atoms with Crippen molar-refractivity contribution in [2.75, 3.05) is 0 Å². The van der Waals surface area contributed by atoms with Crippen molar-refractivity contribution in [3.8, 4) is 0 Å². The summed E-state index contributed by atoms with van der Waals surface area (Å²) >= 11 is 0. The third-order valence-corrected chi connectivity index (χ3v) is 4.82. The van der Waals surface area contributed by atoms with Crippen LogP contribution in [0.5, 0.6) is 0 Å². The van der Waals surface area contributed by atoms with Crippen molar-refractivity contribution in [1.29, 1.82) is 0 Å². The second kappa shape index (κ2) is 8.97. The van der Waals surface area contributed by atoms with Crippen LogP contribution in [0.15, 0.2) is 30.3 Å². The fourth-order valence-electron chi connectivity index (χ4n) is 3.53. The predicted molar refractivity (Wildman–Crippen MR) is 92.7 cm³/mol. The van der Waals surface area contributed by atoms with Crippen molar-refractivity contribution >= 4 is 11.9 Å². The first-order valence-corrected chi connectivity index (χ1v) is 8.78. The Kier molecular flexibility index (Phi) is 6.96. The molecule has 25 heavy (non-hydrogen) atoms. The molecule has 138 valence electrons. The van der Waals surface area contributed by atoms with Gasteiger partial charge in [0.05, 0.1) is 18.6 Å². The van der Waals surface area contributed by atoms with Crippen LogP contribution >= 0.6 is 0 Å². The normalized spacial score (nSPS) is 22.8. The van der Waals surface area contributed by atoms with Gasteiger partial charge in [-0.15, -0.1) is 0 Å². The summed E-state index contributed by atoms with van der Waals surface area (Å²) in [5.41, 5.74) is 1.08. The van der Waals surface area contributed by atoms with Crippen LogP contribution in [0.1, 0.15) is 44.6 Å². The van der Waals surface area contributed by atoms with E-state index in [4.69, 9.17) is 5.11 Å². The van der Waals surface area contributed by atoms with E-state index in [0.29, 0.717) is 25.8 Å². The number of carbonyl (C=O) groups is 2. The van der Waals surface area contributed by atoms with E-state index in [1.165, 1.54) is 0 Å². The summed E-state index contributed by atoms with van der Waals surface area (Å²) in [6, 6.07) is 9.87. The Morgan fingerprint density at radius 1 is 1.24 bits per heavy atom. The summed E-state index contributed by atoms with van der Waals surface area (Å²) in [6.07, 6.45) is -0.554. The number of aliphatic carboxylic acids is 1. The molecule has 1 heterocycles. The van der Waals surface area contributed by atoms with Gasteiger partial charge in [0, 0.05) is 19.0 Å². The third-order valence-electron chi connectivity index (χ3n) is 4.82. The Labute approximate surface area is 148 Å². The Bertz CT molecular complexity index is 576. The first-order chi connectivity index (χ1) is 11.9. The molecule has 1 fully saturated rings. The number of aliphatic hydroxyl groups excluding tert-OH is 2. The van der Waals surface area contributed by atoms with E-state index < -0.39 is 18.2 Å². The van der Waals surface area contributed by atoms with Crippen LogP contribution in [0.3, 0.4) is 0 Å². The van der Waals surface area contributed by atoms with Gasteiger partial charge in [0.2, 0.25) is 5.91 Å². The van der Waals surface area contributed by atoms with Gasteiger partial charge in [0.1, 0.15) is 0 Å². The van der Waals surface area contributed by atoms with Crippen LogP contribution in [0.4, 0.5) is 0 Å². The van der Waals surface area contributed by atoms with Crippen LogP contribution in [0.25, 0.3) is 0 Å². The Morgan fingerprint density at radius 3 is 2.56 bits per heavy atom. The molecule has 0 aromatic heterocycles. The van der Waals surface area contributed by atoms with Crippen LogP contribution in [0, 0.1) is 5.92 Å². The molecule has 4 atom stereocenters. The fraction of sp³-hybridized carbons (Fsp3) is 0.579. The monoisotopic (exact) mass is 349 g/mol. The summed E-state index contributed by atoms with van der Waals surface area (Å²) in [5.74, 6) is -0.738. The highest BCUT2D eigenvalue weighted by atomic mass is 16.4. The maximum atomic E-state index is 12.3. The van der Waals surface area contributed by atoms with Gasteiger partial charge >= 0.3 is 5.97 Å². The zero-order valence-electron chi connectivity index (χ0n) is 14.5. The van der Waals surface area contributed by atoms with Crippen molar-refractivity contribution in [3.05, 3.63) is 35.9 Å². The van der Waals surface area contributed by atoms with Gasteiger partial charge < -0.3 is 20.2 Å². The standard InChI is InChI=1S/C19H27NO5/c1-13-9-18(23)20(12-14-5-3-2-4-6-14)17(13)8-7-15(21)10-16(22)11-19(24)25/h2-6,13,15-17,21-22H,7-12H2,1H3,(H,24,25)/t13-,15+,16-,17+/m1/s1. The molecular weight excluding hydrogens is 322 g/mol. The van der Waals surface area contributed by atoms with Gasteiger partial charge in [-0.2, -0.15) is 0 Å². The van der Waals surface area contributed by atoms with Crippen molar-refractivity contribution < 1.29 is 24.9 Å². The third kappa shape index (κ3) is 5.83. The van der Waals surface area contributed by atoms with Gasteiger partial charge in [-0.1, -0.05) is 37.3 Å². The molecule has 6 heteroatoms. The number of hydrogen-bond acceptors (Lipinski definition) is 4. The molecule has 0 aliphatic carbocycles. The van der Waals surface area contributed by atoms with E-state index >= 15 is 0 Å². The maximum absolute atomic E-state index is 12.3. The second-order valence-corrected chi connectivity index (χ2v) is 6.97. The lowest BCUT2D eigenvalue weighted by Crippen LogP contribution is -2.35. The zero-order valence-corrected chi connectivity index (χ0v) is 14.5. The number of carboxylic acids is 1. The summed E-state index contributed by atoms with van der Waals surface area (Å²) in [6.45, 7) is 2.60. The summed E-state index contributed by atoms with van der Waals surface area (Å²) in [4.78, 5) is 24.7. The van der Waals surface area contributed by atoms with Crippen LogP contribution in [-0.4, -0.2) is 50.3 Å². The van der Waals surface area contributed by atoms with Crippen molar-refractivity contribution in [1.82, 2.24) is 4.90 Å². The molecule has 6 nitrogen and oxygen atoms in total. The van der Waals surface area contributed by atoms with Crippen molar-refractivity contribution in [2.24, 2.45) is 5.92 Å². The highest BCUT2D eigenvalue weighted by Crippen LogP contribution is 2.30. The molecule has 0 unspecified atom stereocenters. The Morgan fingerprint density at radius 2 is 1.92 bits per heavy atom. The molecule has 0 radical (unpaired) electrons. The number of rotatable bonds is 9. The van der Waals surface area contributed by atoms with Crippen molar-refractivity contribution in [3.63, 3.8) is 0 Å². The van der Waals surface area contributed by atoms with Crippen LogP contribution in [0.2, 0.25) is 0 Å². The van der Waals surface area contributed by atoms with E-state index in [1.807, 2.05) is 42.2 Å². The lowest BCUT2D eigenvalue weighted by Gasteiger charge is -2.28. The number of hydrogen-bond donors (Lipinski definition) is 3. The van der Waals surface area contributed by atoms with E-state index in [-0.39, 0.29) is 30.7 Å². The molecule has 0 saturated carbocycles. The molecule has 2 rings (SSSR count). The second-order valence-electron chi connectivity index (χ2n) is 6.97. The van der Waals surface area contributed by atoms with Gasteiger partial charge in [-0.25, -0.2) is 0 Å². The number of benzene rings is 1. The molecule has 0 spiro atoms. The largest absolute Gasteiger partial charge is 0.481 e. The number of likely N-dealkylation sites (tertiary alicyclic amines) is 1. The summed E-state index contributed by atoms with van der Waals surface area (Å²) in [7, 11) is 0. The number of amides is 1. The molecule has 0 bridgehead atoms. The SMILES string of the molecule is C[C@@H]1CC(=O)N(Cc2ccccc2)[C@H]1CC[C@H](O)C[C@@H](O)CC(=O)O. The number of aliphatic hydroxyl groups is 2. The van der Waals surface area contributed by atoms with Crippen LogP contribution < -0.4 is 0 Å². The molecule has 1 aliphatic rings. The quantitative estimate of drug-likeness (QED) is 0.631. The molecule has 1 amide bonds. The van der Waals surface area contributed by atoms with Gasteiger partial charge in [-0.3, -0.25) is 9.59 Å². The summed E-state index contributed by atoms with van der Waals surface area (Å²) in [5, 5.41) is 28.3.